The molecule has 2 heterocycles. The number of aryl methyl sites for hydroxylation is 1. The summed E-state index contributed by atoms with van der Waals surface area (Å²) in [6, 6.07) is 3.39. The number of carbonyl (C=O) groups is 1. The van der Waals surface area contributed by atoms with Crippen LogP contribution < -0.4 is 0 Å². The number of hydrogen-bond acceptors (Lipinski definition) is 3. The highest BCUT2D eigenvalue weighted by atomic mass is 35.5. The van der Waals surface area contributed by atoms with Crippen molar-refractivity contribution >= 4 is 17.5 Å². The summed E-state index contributed by atoms with van der Waals surface area (Å²) in [4.78, 5) is 18.2. The van der Waals surface area contributed by atoms with Crippen LogP contribution in [0.3, 0.4) is 0 Å². The molecule has 5 heteroatoms. The van der Waals surface area contributed by atoms with E-state index in [1.54, 1.807) is 19.2 Å². The van der Waals surface area contributed by atoms with Gasteiger partial charge in [-0.15, -0.1) is 0 Å². The van der Waals surface area contributed by atoms with Crippen molar-refractivity contribution in [2.45, 2.75) is 25.9 Å². The van der Waals surface area contributed by atoms with Crippen LogP contribution in [-0.4, -0.2) is 42.1 Å². The average Bonchev–Trinajstić information content (AvgIpc) is 2.37. The third kappa shape index (κ3) is 3.00. The summed E-state index contributed by atoms with van der Waals surface area (Å²) in [5.41, 5.74) is 1.36. The van der Waals surface area contributed by atoms with Crippen molar-refractivity contribution in [3.8, 4) is 0 Å². The lowest BCUT2D eigenvalue weighted by Gasteiger charge is -2.32. The Morgan fingerprint density at radius 1 is 1.56 bits per heavy atom. The second kappa shape index (κ2) is 5.67. The molecular weight excluding hydrogens is 252 g/mol. The zero-order valence-corrected chi connectivity index (χ0v) is 11.4. The van der Waals surface area contributed by atoms with Crippen LogP contribution >= 0.6 is 11.6 Å². The number of nitrogens with zero attached hydrogens (tertiary/aromatic N) is 2. The molecule has 1 aromatic rings. The molecule has 98 valence electrons. The van der Waals surface area contributed by atoms with Crippen LogP contribution in [0.15, 0.2) is 12.1 Å². The standard InChI is InChI=1S/C13H17ClN2O2/c1-9-6-10(7-12(14)15-9)13(17)16-5-3-4-11(8-16)18-2/h6-7,11H,3-5,8H2,1-2H3. The van der Waals surface area contributed by atoms with E-state index < -0.39 is 0 Å². The number of rotatable bonds is 2. The number of halogens is 1. The minimum Gasteiger partial charge on any atom is -0.380 e. The monoisotopic (exact) mass is 268 g/mol. The number of ether oxygens (including phenoxy) is 1. The van der Waals surface area contributed by atoms with Crippen LogP contribution in [0.25, 0.3) is 0 Å². The van der Waals surface area contributed by atoms with Crippen molar-refractivity contribution in [1.82, 2.24) is 9.88 Å². The van der Waals surface area contributed by atoms with Gasteiger partial charge in [-0.3, -0.25) is 4.79 Å². The highest BCUT2D eigenvalue weighted by Gasteiger charge is 2.24. The fourth-order valence-electron chi connectivity index (χ4n) is 2.25. The molecular formula is C13H17ClN2O2. The predicted octanol–water partition coefficient (Wildman–Crippen LogP) is 2.29. The minimum atomic E-state index is 0.00384. The van der Waals surface area contributed by atoms with Gasteiger partial charge in [0.05, 0.1) is 6.10 Å². The lowest BCUT2D eigenvalue weighted by molar-refractivity contribution is 0.0269. The number of amides is 1. The zero-order valence-electron chi connectivity index (χ0n) is 10.6. The van der Waals surface area contributed by atoms with Crippen molar-refractivity contribution in [3.63, 3.8) is 0 Å². The maximum atomic E-state index is 12.3. The van der Waals surface area contributed by atoms with E-state index in [1.165, 1.54) is 0 Å². The molecule has 0 saturated carbocycles. The van der Waals surface area contributed by atoms with E-state index in [0.29, 0.717) is 17.3 Å². The number of methoxy groups -OCH3 is 1. The first-order chi connectivity index (χ1) is 8.60. The summed E-state index contributed by atoms with van der Waals surface area (Å²) >= 11 is 5.88. The molecule has 18 heavy (non-hydrogen) atoms. The molecule has 0 aliphatic carbocycles. The maximum absolute atomic E-state index is 12.3. The first kappa shape index (κ1) is 13.3. The van der Waals surface area contributed by atoms with Crippen LogP contribution in [-0.2, 0) is 4.74 Å². The Hall–Kier alpha value is -1.13. The highest BCUT2D eigenvalue weighted by molar-refractivity contribution is 6.29. The van der Waals surface area contributed by atoms with E-state index in [2.05, 4.69) is 4.98 Å². The van der Waals surface area contributed by atoms with E-state index in [-0.39, 0.29) is 12.0 Å². The van der Waals surface area contributed by atoms with E-state index in [9.17, 15) is 4.79 Å². The number of carbonyl (C=O) groups excluding carboxylic acids is 1. The molecule has 1 aliphatic heterocycles. The van der Waals surface area contributed by atoms with Gasteiger partial charge in [0, 0.05) is 31.5 Å². The number of aromatic nitrogens is 1. The Bertz CT molecular complexity index is 430. The number of piperidine rings is 1. The number of likely N-dealkylation sites (tertiary alicyclic amines) is 1. The Balaban J connectivity index is 2.15. The van der Waals surface area contributed by atoms with Crippen molar-refractivity contribution < 1.29 is 9.53 Å². The summed E-state index contributed by atoms with van der Waals surface area (Å²) in [6.45, 7) is 3.25. The molecule has 2 rings (SSSR count). The third-order valence-corrected chi connectivity index (χ3v) is 3.36. The maximum Gasteiger partial charge on any atom is 0.254 e. The van der Waals surface area contributed by atoms with Gasteiger partial charge in [0.2, 0.25) is 0 Å². The van der Waals surface area contributed by atoms with E-state index >= 15 is 0 Å². The Morgan fingerprint density at radius 3 is 3.00 bits per heavy atom. The molecule has 1 aliphatic rings. The molecule has 1 aromatic heterocycles. The topological polar surface area (TPSA) is 42.4 Å². The normalized spacial score (nSPS) is 19.9. The second-order valence-corrected chi connectivity index (χ2v) is 4.96. The van der Waals surface area contributed by atoms with Crippen LogP contribution in [0.5, 0.6) is 0 Å². The largest absolute Gasteiger partial charge is 0.380 e. The summed E-state index contributed by atoms with van der Waals surface area (Å²) in [5, 5.41) is 0.360. The van der Waals surface area contributed by atoms with Gasteiger partial charge in [0.25, 0.3) is 5.91 Å². The van der Waals surface area contributed by atoms with Crippen molar-refractivity contribution in [2.24, 2.45) is 0 Å². The lowest BCUT2D eigenvalue weighted by Crippen LogP contribution is -2.42. The Labute approximate surface area is 112 Å². The van der Waals surface area contributed by atoms with Crippen molar-refractivity contribution in [3.05, 3.63) is 28.5 Å². The first-order valence-electron chi connectivity index (χ1n) is 6.06. The first-order valence-corrected chi connectivity index (χ1v) is 6.44. The van der Waals surface area contributed by atoms with Gasteiger partial charge in [-0.25, -0.2) is 4.98 Å². The Morgan fingerprint density at radius 2 is 2.33 bits per heavy atom. The van der Waals surface area contributed by atoms with Gasteiger partial charge in [0.1, 0.15) is 5.15 Å². The summed E-state index contributed by atoms with van der Waals surface area (Å²) in [7, 11) is 1.69. The molecule has 1 fully saturated rings. The third-order valence-electron chi connectivity index (χ3n) is 3.17. The molecule has 0 N–H and O–H groups in total. The molecule has 1 amide bonds. The smallest absolute Gasteiger partial charge is 0.254 e. The molecule has 0 spiro atoms. The van der Waals surface area contributed by atoms with Gasteiger partial charge >= 0.3 is 0 Å². The van der Waals surface area contributed by atoms with Gasteiger partial charge in [0.15, 0.2) is 0 Å². The van der Waals surface area contributed by atoms with E-state index in [4.69, 9.17) is 16.3 Å². The Kier molecular flexibility index (Phi) is 4.19. The van der Waals surface area contributed by atoms with Gasteiger partial charge in [-0.05, 0) is 31.9 Å². The van der Waals surface area contributed by atoms with Gasteiger partial charge in [-0.2, -0.15) is 0 Å². The van der Waals surface area contributed by atoms with Crippen molar-refractivity contribution in [2.75, 3.05) is 20.2 Å². The fourth-order valence-corrected chi connectivity index (χ4v) is 2.50. The minimum absolute atomic E-state index is 0.00384. The average molecular weight is 269 g/mol. The molecule has 0 radical (unpaired) electrons. The molecule has 1 unspecified atom stereocenters. The summed E-state index contributed by atoms with van der Waals surface area (Å²) < 4.78 is 5.32. The molecule has 0 bridgehead atoms. The summed E-state index contributed by atoms with van der Waals surface area (Å²) in [6.07, 6.45) is 2.12. The second-order valence-electron chi connectivity index (χ2n) is 4.57. The number of pyridine rings is 1. The SMILES string of the molecule is COC1CCCN(C(=O)c2cc(C)nc(Cl)c2)C1. The molecule has 0 aromatic carbocycles. The van der Waals surface area contributed by atoms with E-state index in [0.717, 1.165) is 25.1 Å². The van der Waals surface area contributed by atoms with Crippen LogP contribution in [0.2, 0.25) is 5.15 Å². The molecule has 1 saturated heterocycles. The van der Waals surface area contributed by atoms with Crippen LogP contribution in [0.1, 0.15) is 28.9 Å². The predicted molar refractivity (Wildman–Crippen MR) is 69.9 cm³/mol. The van der Waals surface area contributed by atoms with Gasteiger partial charge < -0.3 is 9.64 Å². The zero-order chi connectivity index (χ0) is 13.1. The number of hydrogen-bond donors (Lipinski definition) is 0. The summed E-state index contributed by atoms with van der Waals surface area (Å²) in [5.74, 6) is 0.00384. The quantitative estimate of drug-likeness (QED) is 0.773. The molecule has 1 atom stereocenters. The van der Waals surface area contributed by atoms with E-state index in [1.807, 2.05) is 11.8 Å². The van der Waals surface area contributed by atoms with Gasteiger partial charge in [-0.1, -0.05) is 11.6 Å². The van der Waals surface area contributed by atoms with Crippen molar-refractivity contribution in [1.29, 1.82) is 0 Å². The lowest BCUT2D eigenvalue weighted by atomic mass is 10.1. The molecule has 4 nitrogen and oxygen atoms in total. The van der Waals surface area contributed by atoms with Crippen LogP contribution in [0, 0.1) is 6.92 Å². The van der Waals surface area contributed by atoms with Crippen LogP contribution in [0.4, 0.5) is 0 Å². The fraction of sp³-hybridized carbons (Fsp3) is 0.538. The highest BCUT2D eigenvalue weighted by Crippen LogP contribution is 2.17.